The number of hydrogen-bond acceptors (Lipinski definition) is 3. The molecule has 118 valence electrons. The highest BCUT2D eigenvalue weighted by Crippen LogP contribution is 2.12. The predicted molar refractivity (Wildman–Crippen MR) is 85.6 cm³/mol. The molecule has 1 heterocycles. The van der Waals surface area contributed by atoms with Crippen LogP contribution in [-0.2, 0) is 6.54 Å². The molecule has 1 unspecified atom stereocenters. The molecule has 2 rings (SSSR count). The Morgan fingerprint density at radius 3 is 2.45 bits per heavy atom. The van der Waals surface area contributed by atoms with E-state index in [2.05, 4.69) is 5.10 Å². The second-order valence-corrected chi connectivity index (χ2v) is 5.80. The van der Waals surface area contributed by atoms with Gasteiger partial charge in [-0.1, -0.05) is 12.1 Å². The molecular weight excluding hydrogens is 278 g/mol. The number of aromatic nitrogens is 2. The molecule has 1 atom stereocenters. The molecule has 2 aromatic rings. The summed E-state index contributed by atoms with van der Waals surface area (Å²) in [6, 6.07) is 9.47. The van der Waals surface area contributed by atoms with Crippen LogP contribution in [-0.4, -0.2) is 44.4 Å². The first-order valence-corrected chi connectivity index (χ1v) is 7.52. The molecular formula is C17H23N3O2. The number of benzene rings is 1. The number of rotatable bonds is 6. The van der Waals surface area contributed by atoms with Crippen molar-refractivity contribution in [1.82, 2.24) is 14.7 Å². The highest BCUT2D eigenvalue weighted by Gasteiger charge is 2.20. The molecule has 0 radical (unpaired) electrons. The van der Waals surface area contributed by atoms with Crippen LogP contribution in [0, 0.1) is 0 Å². The van der Waals surface area contributed by atoms with Crippen molar-refractivity contribution in [2.24, 2.45) is 0 Å². The lowest BCUT2D eigenvalue weighted by Gasteiger charge is -2.28. The summed E-state index contributed by atoms with van der Waals surface area (Å²) in [5.74, 6) is -0.0541. The van der Waals surface area contributed by atoms with E-state index < -0.39 is 6.10 Å². The van der Waals surface area contributed by atoms with Crippen LogP contribution in [0.1, 0.15) is 36.7 Å². The van der Waals surface area contributed by atoms with Crippen molar-refractivity contribution < 1.29 is 9.90 Å². The van der Waals surface area contributed by atoms with E-state index in [0.717, 1.165) is 5.56 Å². The van der Waals surface area contributed by atoms with Gasteiger partial charge in [-0.3, -0.25) is 9.48 Å². The molecule has 1 N–H and O–H groups in total. The number of aliphatic hydroxyl groups excluding tert-OH is 1. The lowest BCUT2D eigenvalue weighted by atomic mass is 10.1. The van der Waals surface area contributed by atoms with Gasteiger partial charge in [-0.05, 0) is 44.5 Å². The molecule has 1 amide bonds. The van der Waals surface area contributed by atoms with Gasteiger partial charge in [0.1, 0.15) is 0 Å². The zero-order valence-corrected chi connectivity index (χ0v) is 13.3. The summed E-state index contributed by atoms with van der Waals surface area (Å²) in [7, 11) is 0. The third-order valence-electron chi connectivity index (χ3n) is 3.45. The maximum absolute atomic E-state index is 12.5. The van der Waals surface area contributed by atoms with E-state index in [-0.39, 0.29) is 11.9 Å². The number of hydrogen-bond donors (Lipinski definition) is 1. The minimum absolute atomic E-state index is 0.0471. The van der Waals surface area contributed by atoms with Crippen LogP contribution in [0.15, 0.2) is 42.7 Å². The SMILES string of the molecule is CC(O)CN(C(=O)c1ccc(Cn2cccn2)cc1)C(C)C. The van der Waals surface area contributed by atoms with E-state index in [1.807, 2.05) is 55.1 Å². The van der Waals surface area contributed by atoms with Crippen LogP contribution in [0.3, 0.4) is 0 Å². The Morgan fingerprint density at radius 1 is 1.27 bits per heavy atom. The maximum Gasteiger partial charge on any atom is 0.254 e. The molecule has 5 nitrogen and oxygen atoms in total. The van der Waals surface area contributed by atoms with Crippen molar-refractivity contribution in [3.05, 3.63) is 53.9 Å². The smallest absolute Gasteiger partial charge is 0.254 e. The lowest BCUT2D eigenvalue weighted by molar-refractivity contribution is 0.0579. The first-order valence-electron chi connectivity index (χ1n) is 7.52. The predicted octanol–water partition coefficient (Wildman–Crippen LogP) is 2.16. The maximum atomic E-state index is 12.5. The fourth-order valence-electron chi connectivity index (χ4n) is 2.31. The third-order valence-corrected chi connectivity index (χ3v) is 3.45. The largest absolute Gasteiger partial charge is 0.392 e. The van der Waals surface area contributed by atoms with Gasteiger partial charge in [-0.15, -0.1) is 0 Å². The molecule has 0 fully saturated rings. The van der Waals surface area contributed by atoms with Crippen LogP contribution in [0.2, 0.25) is 0 Å². The van der Waals surface area contributed by atoms with Gasteiger partial charge < -0.3 is 10.0 Å². The first-order chi connectivity index (χ1) is 10.5. The Kier molecular flexibility index (Phi) is 5.33. The Balaban J connectivity index is 2.09. The number of nitrogens with zero attached hydrogens (tertiary/aromatic N) is 3. The second kappa shape index (κ2) is 7.22. The zero-order valence-electron chi connectivity index (χ0n) is 13.3. The Labute approximate surface area is 131 Å². The normalized spacial score (nSPS) is 12.4. The number of carbonyl (C=O) groups is 1. The van der Waals surface area contributed by atoms with E-state index in [9.17, 15) is 9.90 Å². The van der Waals surface area contributed by atoms with Crippen LogP contribution < -0.4 is 0 Å². The summed E-state index contributed by atoms with van der Waals surface area (Å²) < 4.78 is 1.84. The fraction of sp³-hybridized carbons (Fsp3) is 0.412. The first kappa shape index (κ1) is 16.2. The summed E-state index contributed by atoms with van der Waals surface area (Å²) in [6.45, 7) is 6.61. The average Bonchev–Trinajstić information content (AvgIpc) is 2.97. The van der Waals surface area contributed by atoms with Crippen LogP contribution in [0.25, 0.3) is 0 Å². The quantitative estimate of drug-likeness (QED) is 0.889. The number of carbonyl (C=O) groups excluding carboxylic acids is 1. The Morgan fingerprint density at radius 2 is 1.95 bits per heavy atom. The molecule has 1 aromatic carbocycles. The van der Waals surface area contributed by atoms with E-state index >= 15 is 0 Å². The van der Waals surface area contributed by atoms with Gasteiger partial charge in [0.05, 0.1) is 12.6 Å². The molecule has 0 aliphatic rings. The molecule has 0 aliphatic heterocycles. The summed E-state index contributed by atoms with van der Waals surface area (Å²) in [6.07, 6.45) is 3.11. The lowest BCUT2D eigenvalue weighted by Crippen LogP contribution is -2.41. The van der Waals surface area contributed by atoms with Gasteiger partial charge in [0.25, 0.3) is 5.91 Å². The molecule has 0 saturated heterocycles. The van der Waals surface area contributed by atoms with Gasteiger partial charge in [-0.2, -0.15) is 5.10 Å². The minimum Gasteiger partial charge on any atom is -0.392 e. The van der Waals surface area contributed by atoms with Gasteiger partial charge in [0.2, 0.25) is 0 Å². The highest BCUT2D eigenvalue weighted by atomic mass is 16.3. The summed E-state index contributed by atoms with van der Waals surface area (Å²) in [4.78, 5) is 14.2. The van der Waals surface area contributed by atoms with Crippen LogP contribution in [0.5, 0.6) is 0 Å². The molecule has 0 aliphatic carbocycles. The molecule has 1 aromatic heterocycles. The van der Waals surface area contributed by atoms with Gasteiger partial charge in [0, 0.05) is 30.5 Å². The molecule has 0 saturated carbocycles. The standard InChI is InChI=1S/C17H23N3O2/c1-13(2)20(11-14(3)21)17(22)16-7-5-15(6-8-16)12-19-10-4-9-18-19/h4-10,13-14,21H,11-12H2,1-3H3. The third kappa shape index (κ3) is 4.18. The van der Waals surface area contributed by atoms with E-state index in [0.29, 0.717) is 18.7 Å². The minimum atomic E-state index is -0.537. The van der Waals surface area contributed by atoms with E-state index in [1.54, 1.807) is 18.0 Å². The van der Waals surface area contributed by atoms with Crippen molar-refractivity contribution in [3.8, 4) is 0 Å². The summed E-state index contributed by atoms with van der Waals surface area (Å²) >= 11 is 0. The summed E-state index contributed by atoms with van der Waals surface area (Å²) in [5, 5.41) is 13.7. The van der Waals surface area contributed by atoms with Crippen LogP contribution >= 0.6 is 0 Å². The molecule has 0 bridgehead atoms. The van der Waals surface area contributed by atoms with E-state index in [1.165, 1.54) is 0 Å². The van der Waals surface area contributed by atoms with Gasteiger partial charge >= 0.3 is 0 Å². The topological polar surface area (TPSA) is 58.4 Å². The van der Waals surface area contributed by atoms with Crippen molar-refractivity contribution in [2.45, 2.75) is 39.5 Å². The molecule has 0 spiro atoms. The number of aliphatic hydroxyl groups is 1. The van der Waals surface area contributed by atoms with E-state index in [4.69, 9.17) is 0 Å². The molecule has 22 heavy (non-hydrogen) atoms. The van der Waals surface area contributed by atoms with Crippen molar-refractivity contribution >= 4 is 5.91 Å². The zero-order chi connectivity index (χ0) is 16.1. The van der Waals surface area contributed by atoms with Crippen molar-refractivity contribution in [3.63, 3.8) is 0 Å². The Bertz CT molecular complexity index is 589. The molecule has 5 heteroatoms. The average molecular weight is 301 g/mol. The second-order valence-electron chi connectivity index (χ2n) is 5.80. The fourth-order valence-corrected chi connectivity index (χ4v) is 2.31. The van der Waals surface area contributed by atoms with Gasteiger partial charge in [0.15, 0.2) is 0 Å². The van der Waals surface area contributed by atoms with Crippen molar-refractivity contribution in [1.29, 1.82) is 0 Å². The summed E-state index contributed by atoms with van der Waals surface area (Å²) in [5.41, 5.74) is 1.73. The van der Waals surface area contributed by atoms with Gasteiger partial charge in [-0.25, -0.2) is 0 Å². The number of amides is 1. The monoisotopic (exact) mass is 301 g/mol. The Hall–Kier alpha value is -2.14. The highest BCUT2D eigenvalue weighted by molar-refractivity contribution is 5.94. The van der Waals surface area contributed by atoms with Crippen LogP contribution in [0.4, 0.5) is 0 Å². The van der Waals surface area contributed by atoms with Crippen molar-refractivity contribution in [2.75, 3.05) is 6.54 Å².